The number of pyridine rings is 1. The van der Waals surface area contributed by atoms with Crippen LogP contribution in [0.5, 0.6) is 0 Å². The molecule has 2 aromatic heterocycles. The molecule has 0 aromatic carbocycles. The van der Waals surface area contributed by atoms with Crippen molar-refractivity contribution in [2.45, 2.75) is 39.5 Å². The van der Waals surface area contributed by atoms with Crippen molar-refractivity contribution in [1.29, 1.82) is 0 Å². The van der Waals surface area contributed by atoms with Gasteiger partial charge in [-0.25, -0.2) is 0 Å². The quantitative estimate of drug-likeness (QED) is 0.757. The molecule has 1 spiro atoms. The van der Waals surface area contributed by atoms with Gasteiger partial charge in [-0.05, 0) is 50.8 Å². The van der Waals surface area contributed by atoms with Crippen LogP contribution in [-0.2, 0) is 27.2 Å². The molecule has 0 aliphatic carbocycles. The molecule has 2 saturated heterocycles. The van der Waals surface area contributed by atoms with E-state index in [-0.39, 0.29) is 29.6 Å². The lowest BCUT2D eigenvalue weighted by atomic mass is 9.71. The Morgan fingerprint density at radius 3 is 2.65 bits per heavy atom. The van der Waals surface area contributed by atoms with Gasteiger partial charge in [0.15, 0.2) is 0 Å². The van der Waals surface area contributed by atoms with E-state index in [1.165, 1.54) is 0 Å². The first-order valence-corrected chi connectivity index (χ1v) is 10.9. The highest BCUT2D eigenvalue weighted by Crippen LogP contribution is 2.44. The van der Waals surface area contributed by atoms with Crippen LogP contribution in [0.2, 0.25) is 0 Å². The van der Waals surface area contributed by atoms with Crippen molar-refractivity contribution in [3.63, 3.8) is 0 Å². The molecule has 2 aliphatic rings. The number of carbonyl (C=O) groups excluding carboxylic acids is 2. The third-order valence-corrected chi connectivity index (χ3v) is 6.78. The molecule has 31 heavy (non-hydrogen) atoms. The van der Waals surface area contributed by atoms with Crippen LogP contribution in [0.3, 0.4) is 0 Å². The predicted molar refractivity (Wildman–Crippen MR) is 113 cm³/mol. The summed E-state index contributed by atoms with van der Waals surface area (Å²) in [6.45, 7) is 6.55. The molecular formula is C23H30N4O4. The van der Waals surface area contributed by atoms with E-state index >= 15 is 0 Å². The number of hydrogen-bond acceptors (Lipinski definition) is 6. The van der Waals surface area contributed by atoms with Gasteiger partial charge in [-0.15, -0.1) is 0 Å². The van der Waals surface area contributed by atoms with Gasteiger partial charge in [-0.1, -0.05) is 5.16 Å². The number of ether oxygens (including phenoxy) is 1. The van der Waals surface area contributed by atoms with Gasteiger partial charge in [0.05, 0.1) is 18.0 Å². The molecule has 2 fully saturated rings. The third-order valence-electron chi connectivity index (χ3n) is 6.78. The summed E-state index contributed by atoms with van der Waals surface area (Å²) in [7, 11) is 0. The number of amides is 2. The Morgan fingerprint density at radius 1 is 1.23 bits per heavy atom. The Bertz CT molecular complexity index is 901. The maximum atomic E-state index is 13.2. The van der Waals surface area contributed by atoms with E-state index in [2.05, 4.69) is 15.5 Å². The standard InChI is InChI=1S/C23H30N4O4/c1-16-19(17(2)31-26-16)13-21(28)27-14-20(23(15-27)6-11-30-12-7-23)22(29)25-10-5-18-3-8-24-9-4-18/h3-4,8-9,20H,5-7,10-15H2,1-2H3,(H,25,29). The predicted octanol–water partition coefficient (Wildman–Crippen LogP) is 1.84. The average molecular weight is 427 g/mol. The van der Waals surface area contributed by atoms with Crippen LogP contribution in [-0.4, -0.2) is 59.7 Å². The van der Waals surface area contributed by atoms with Crippen LogP contribution in [0.4, 0.5) is 0 Å². The number of rotatable bonds is 6. The van der Waals surface area contributed by atoms with Gasteiger partial charge < -0.3 is 19.5 Å². The Morgan fingerprint density at radius 2 is 1.97 bits per heavy atom. The largest absolute Gasteiger partial charge is 0.381 e. The van der Waals surface area contributed by atoms with Crippen LogP contribution in [0.15, 0.2) is 29.0 Å². The summed E-state index contributed by atoms with van der Waals surface area (Å²) in [6.07, 6.45) is 6.12. The third kappa shape index (κ3) is 4.63. The molecule has 2 amide bonds. The SMILES string of the molecule is Cc1noc(C)c1CC(=O)N1CC(C(=O)NCCc2ccncc2)C2(CCOCC2)C1. The molecule has 1 N–H and O–H groups in total. The Kier molecular flexibility index (Phi) is 6.36. The highest BCUT2D eigenvalue weighted by Gasteiger charge is 2.51. The van der Waals surface area contributed by atoms with Crippen LogP contribution < -0.4 is 5.32 Å². The molecule has 8 nitrogen and oxygen atoms in total. The number of nitrogens with one attached hydrogen (secondary N) is 1. The highest BCUT2D eigenvalue weighted by atomic mass is 16.5. The van der Waals surface area contributed by atoms with Gasteiger partial charge in [-0.2, -0.15) is 0 Å². The van der Waals surface area contributed by atoms with Crippen molar-refractivity contribution in [2.24, 2.45) is 11.3 Å². The van der Waals surface area contributed by atoms with Crippen LogP contribution >= 0.6 is 0 Å². The molecule has 1 atom stereocenters. The lowest BCUT2D eigenvalue weighted by Gasteiger charge is -2.37. The summed E-state index contributed by atoms with van der Waals surface area (Å²) < 4.78 is 10.8. The molecule has 1 unspecified atom stereocenters. The topological polar surface area (TPSA) is 97.6 Å². The molecule has 2 aliphatic heterocycles. The van der Waals surface area contributed by atoms with E-state index in [9.17, 15) is 9.59 Å². The zero-order valence-electron chi connectivity index (χ0n) is 18.2. The summed E-state index contributed by atoms with van der Waals surface area (Å²) in [4.78, 5) is 32.1. The Labute approximate surface area is 182 Å². The second-order valence-corrected chi connectivity index (χ2v) is 8.68. The fraction of sp³-hybridized carbons (Fsp3) is 0.565. The van der Waals surface area contributed by atoms with E-state index in [1.54, 1.807) is 12.4 Å². The molecule has 166 valence electrons. The monoisotopic (exact) mass is 426 g/mol. The van der Waals surface area contributed by atoms with Crippen molar-refractivity contribution >= 4 is 11.8 Å². The molecule has 8 heteroatoms. The lowest BCUT2D eigenvalue weighted by Crippen LogP contribution is -2.44. The van der Waals surface area contributed by atoms with Crippen LogP contribution in [0.25, 0.3) is 0 Å². The van der Waals surface area contributed by atoms with Crippen LogP contribution in [0, 0.1) is 25.2 Å². The summed E-state index contributed by atoms with van der Waals surface area (Å²) in [5.74, 6) is 0.509. The summed E-state index contributed by atoms with van der Waals surface area (Å²) in [5, 5.41) is 7.06. The van der Waals surface area contributed by atoms with Gasteiger partial charge in [0.25, 0.3) is 0 Å². The maximum Gasteiger partial charge on any atom is 0.227 e. The lowest BCUT2D eigenvalue weighted by molar-refractivity contribution is -0.130. The van der Waals surface area contributed by atoms with Crippen molar-refractivity contribution in [2.75, 3.05) is 32.8 Å². The second kappa shape index (κ2) is 9.18. The Balaban J connectivity index is 1.42. The number of nitrogens with zero attached hydrogens (tertiary/aromatic N) is 3. The first kappa shape index (κ1) is 21.5. The first-order valence-electron chi connectivity index (χ1n) is 10.9. The molecule has 2 aromatic rings. The second-order valence-electron chi connectivity index (χ2n) is 8.68. The first-order chi connectivity index (χ1) is 15.0. The number of aryl methyl sites for hydroxylation is 2. The molecule has 0 radical (unpaired) electrons. The van der Waals surface area contributed by atoms with Gasteiger partial charge in [0, 0.05) is 56.2 Å². The summed E-state index contributed by atoms with van der Waals surface area (Å²) in [5.41, 5.74) is 2.51. The van der Waals surface area contributed by atoms with E-state index < -0.39 is 0 Å². The van der Waals surface area contributed by atoms with E-state index in [1.807, 2.05) is 30.9 Å². The van der Waals surface area contributed by atoms with Gasteiger partial charge in [-0.3, -0.25) is 14.6 Å². The van der Waals surface area contributed by atoms with Crippen molar-refractivity contribution in [3.05, 3.63) is 47.1 Å². The normalized spacial score (nSPS) is 20.2. The number of carbonyl (C=O) groups is 2. The molecular weight excluding hydrogens is 396 g/mol. The number of hydrogen-bond donors (Lipinski definition) is 1. The maximum absolute atomic E-state index is 13.2. The van der Waals surface area contributed by atoms with Crippen molar-refractivity contribution in [1.82, 2.24) is 20.4 Å². The fourth-order valence-corrected chi connectivity index (χ4v) is 4.82. The van der Waals surface area contributed by atoms with E-state index in [0.717, 1.165) is 36.1 Å². The molecule has 0 bridgehead atoms. The van der Waals surface area contributed by atoms with Gasteiger partial charge >= 0.3 is 0 Å². The minimum atomic E-state index is -0.220. The summed E-state index contributed by atoms with van der Waals surface area (Å²) in [6, 6.07) is 3.91. The summed E-state index contributed by atoms with van der Waals surface area (Å²) >= 11 is 0. The minimum absolute atomic E-state index is 0.0207. The molecule has 0 saturated carbocycles. The highest BCUT2D eigenvalue weighted by molar-refractivity contribution is 5.84. The number of aromatic nitrogens is 2. The van der Waals surface area contributed by atoms with Crippen molar-refractivity contribution in [3.8, 4) is 0 Å². The molecule has 4 heterocycles. The zero-order chi connectivity index (χ0) is 21.8. The fourth-order valence-electron chi connectivity index (χ4n) is 4.82. The zero-order valence-corrected chi connectivity index (χ0v) is 18.2. The Hall–Kier alpha value is -2.74. The van der Waals surface area contributed by atoms with Crippen LogP contribution in [0.1, 0.15) is 35.4 Å². The van der Waals surface area contributed by atoms with Gasteiger partial charge in [0.2, 0.25) is 11.8 Å². The van der Waals surface area contributed by atoms with Crippen molar-refractivity contribution < 1.29 is 18.8 Å². The van der Waals surface area contributed by atoms with E-state index in [4.69, 9.17) is 9.26 Å². The smallest absolute Gasteiger partial charge is 0.227 e. The average Bonchev–Trinajstić information content (AvgIpc) is 3.30. The molecule has 4 rings (SSSR count). The van der Waals surface area contributed by atoms with Gasteiger partial charge in [0.1, 0.15) is 5.76 Å². The minimum Gasteiger partial charge on any atom is -0.381 e. The van der Waals surface area contributed by atoms with E-state index in [0.29, 0.717) is 38.6 Å². The number of likely N-dealkylation sites (tertiary alicyclic amines) is 1.